The van der Waals surface area contributed by atoms with Gasteiger partial charge in [0, 0.05) is 18.5 Å². The number of rotatable bonds is 2. The van der Waals surface area contributed by atoms with Gasteiger partial charge in [0.15, 0.2) is 5.78 Å². The number of hydrogen-bond donors (Lipinski definition) is 0. The van der Waals surface area contributed by atoms with Gasteiger partial charge in [0.25, 0.3) is 0 Å². The molecule has 0 radical (unpaired) electrons. The fourth-order valence-corrected chi connectivity index (χ4v) is 1.87. The molecule has 1 aliphatic carbocycles. The molecule has 0 atom stereocenters. The first-order valence-corrected chi connectivity index (χ1v) is 4.91. The summed E-state index contributed by atoms with van der Waals surface area (Å²) in [5, 5.41) is 4.23. The number of Topliss-reactive ketones (excluding diaryl/α,β-unsaturated/α-hetero) is 1. The number of hydrogen-bond acceptors (Lipinski definition) is 2. The smallest absolute Gasteiger partial charge is 0.181 e. The van der Waals surface area contributed by atoms with Crippen LogP contribution in [0.4, 0.5) is 0 Å². The van der Waals surface area contributed by atoms with E-state index < -0.39 is 0 Å². The molecule has 1 aromatic heterocycles. The van der Waals surface area contributed by atoms with Crippen LogP contribution in [0.25, 0.3) is 0 Å². The largest absolute Gasteiger partial charge is 0.292 e. The van der Waals surface area contributed by atoms with Crippen molar-refractivity contribution in [2.75, 3.05) is 0 Å². The van der Waals surface area contributed by atoms with E-state index in [9.17, 15) is 4.79 Å². The Kier molecular flexibility index (Phi) is 2.17. The molecule has 0 saturated heterocycles. The minimum absolute atomic E-state index is 0.271. The van der Waals surface area contributed by atoms with Crippen molar-refractivity contribution in [3.63, 3.8) is 0 Å². The van der Waals surface area contributed by atoms with E-state index in [0.29, 0.717) is 6.42 Å². The van der Waals surface area contributed by atoms with Crippen LogP contribution in [0.1, 0.15) is 42.2 Å². The molecule has 0 N–H and O–H groups in total. The maximum Gasteiger partial charge on any atom is 0.181 e. The van der Waals surface area contributed by atoms with Crippen molar-refractivity contribution in [1.29, 1.82) is 0 Å². The summed E-state index contributed by atoms with van der Waals surface area (Å²) in [5.41, 5.74) is 2.01. The van der Waals surface area contributed by atoms with Crippen molar-refractivity contribution in [3.05, 3.63) is 17.5 Å². The summed E-state index contributed by atoms with van der Waals surface area (Å²) in [7, 11) is 0. The Labute approximate surface area is 77.7 Å². The van der Waals surface area contributed by atoms with Crippen LogP contribution < -0.4 is 0 Å². The van der Waals surface area contributed by atoms with Gasteiger partial charge in [0.2, 0.25) is 0 Å². The second kappa shape index (κ2) is 3.32. The molecule has 1 heterocycles. The highest BCUT2D eigenvalue weighted by Crippen LogP contribution is 2.20. The van der Waals surface area contributed by atoms with E-state index in [1.165, 1.54) is 0 Å². The minimum atomic E-state index is 0.271. The van der Waals surface area contributed by atoms with Crippen LogP contribution in [0.15, 0.2) is 6.20 Å². The van der Waals surface area contributed by atoms with Crippen LogP contribution in [0, 0.1) is 0 Å². The van der Waals surface area contributed by atoms with Crippen molar-refractivity contribution in [1.82, 2.24) is 9.78 Å². The van der Waals surface area contributed by atoms with Gasteiger partial charge in [-0.1, -0.05) is 6.92 Å². The Balaban J connectivity index is 2.38. The summed E-state index contributed by atoms with van der Waals surface area (Å²) in [6.45, 7) is 2.96. The lowest BCUT2D eigenvalue weighted by atomic mass is 9.97. The van der Waals surface area contributed by atoms with E-state index in [4.69, 9.17) is 0 Å². The Morgan fingerprint density at radius 2 is 2.38 bits per heavy atom. The monoisotopic (exact) mass is 178 g/mol. The predicted molar refractivity (Wildman–Crippen MR) is 49.8 cm³/mol. The van der Waals surface area contributed by atoms with Crippen molar-refractivity contribution < 1.29 is 4.79 Å². The third-order valence-electron chi connectivity index (χ3n) is 2.46. The van der Waals surface area contributed by atoms with Crippen LogP contribution in [0.3, 0.4) is 0 Å². The first-order valence-electron chi connectivity index (χ1n) is 4.91. The molecule has 0 saturated carbocycles. The lowest BCUT2D eigenvalue weighted by Gasteiger charge is -2.11. The van der Waals surface area contributed by atoms with Gasteiger partial charge >= 0.3 is 0 Å². The second-order valence-electron chi connectivity index (χ2n) is 3.52. The Morgan fingerprint density at radius 3 is 3.15 bits per heavy atom. The molecule has 3 nitrogen and oxygen atoms in total. The van der Waals surface area contributed by atoms with Crippen LogP contribution in [-0.2, 0) is 13.0 Å². The van der Waals surface area contributed by atoms with Gasteiger partial charge in [-0.3, -0.25) is 9.48 Å². The predicted octanol–water partition coefficient (Wildman–Crippen LogP) is 1.81. The Bertz CT molecular complexity index is 328. The molecular weight excluding hydrogens is 164 g/mol. The van der Waals surface area contributed by atoms with E-state index in [1.54, 1.807) is 0 Å². The van der Waals surface area contributed by atoms with Crippen LogP contribution >= 0.6 is 0 Å². The van der Waals surface area contributed by atoms with Crippen LogP contribution in [0.2, 0.25) is 0 Å². The molecule has 0 spiro atoms. The molecule has 2 rings (SSSR count). The van der Waals surface area contributed by atoms with Crippen LogP contribution in [0.5, 0.6) is 0 Å². The maximum atomic E-state index is 11.6. The number of fused-ring (bicyclic) bond motifs is 1. The average molecular weight is 178 g/mol. The molecule has 70 valence electrons. The fraction of sp³-hybridized carbons (Fsp3) is 0.600. The summed E-state index contributed by atoms with van der Waals surface area (Å²) in [4.78, 5) is 11.6. The van der Waals surface area contributed by atoms with E-state index in [1.807, 2.05) is 10.9 Å². The maximum absolute atomic E-state index is 11.6. The number of ketones is 1. The SMILES string of the molecule is CCCn1ncc2c1C(=O)CCC2. The first kappa shape index (κ1) is 8.48. The summed E-state index contributed by atoms with van der Waals surface area (Å²) < 4.78 is 1.86. The number of carbonyl (C=O) groups excluding carboxylic acids is 1. The van der Waals surface area contributed by atoms with Gasteiger partial charge in [0.1, 0.15) is 5.69 Å². The zero-order valence-corrected chi connectivity index (χ0v) is 7.92. The lowest BCUT2D eigenvalue weighted by Crippen LogP contribution is -2.15. The summed E-state index contributed by atoms with van der Waals surface area (Å²) >= 11 is 0. The standard InChI is InChI=1S/C10H14N2O/c1-2-6-12-10-8(7-11-12)4-3-5-9(10)13/h7H,2-6H2,1H3. The molecule has 3 heteroatoms. The Hall–Kier alpha value is -1.12. The zero-order valence-electron chi connectivity index (χ0n) is 7.92. The minimum Gasteiger partial charge on any atom is -0.292 e. The average Bonchev–Trinajstić information content (AvgIpc) is 2.51. The molecule has 13 heavy (non-hydrogen) atoms. The van der Waals surface area contributed by atoms with Crippen LogP contribution in [-0.4, -0.2) is 15.6 Å². The third-order valence-corrected chi connectivity index (χ3v) is 2.46. The number of aromatic nitrogens is 2. The number of carbonyl (C=O) groups is 1. The van der Waals surface area contributed by atoms with E-state index in [2.05, 4.69) is 12.0 Å². The molecule has 0 bridgehead atoms. The normalized spacial score (nSPS) is 15.9. The van der Waals surface area contributed by atoms with Crippen molar-refractivity contribution in [3.8, 4) is 0 Å². The molecule has 0 amide bonds. The molecule has 0 fully saturated rings. The third kappa shape index (κ3) is 1.39. The summed E-state index contributed by atoms with van der Waals surface area (Å²) in [6.07, 6.45) is 5.58. The fourth-order valence-electron chi connectivity index (χ4n) is 1.87. The highest BCUT2D eigenvalue weighted by molar-refractivity contribution is 5.96. The van der Waals surface area contributed by atoms with Gasteiger partial charge in [-0.25, -0.2) is 0 Å². The zero-order chi connectivity index (χ0) is 9.26. The number of nitrogens with zero attached hydrogens (tertiary/aromatic N) is 2. The van der Waals surface area contributed by atoms with Gasteiger partial charge < -0.3 is 0 Å². The second-order valence-corrected chi connectivity index (χ2v) is 3.52. The van der Waals surface area contributed by atoms with Crippen molar-refractivity contribution in [2.24, 2.45) is 0 Å². The molecule has 1 aromatic rings. The van der Waals surface area contributed by atoms with E-state index >= 15 is 0 Å². The lowest BCUT2D eigenvalue weighted by molar-refractivity contribution is 0.0961. The van der Waals surface area contributed by atoms with Gasteiger partial charge in [-0.05, 0) is 19.3 Å². The van der Waals surface area contributed by atoms with Crippen molar-refractivity contribution in [2.45, 2.75) is 39.2 Å². The highest BCUT2D eigenvalue weighted by atomic mass is 16.1. The molecular formula is C10H14N2O. The van der Waals surface area contributed by atoms with Gasteiger partial charge in [-0.15, -0.1) is 0 Å². The topological polar surface area (TPSA) is 34.9 Å². The first-order chi connectivity index (χ1) is 6.33. The molecule has 0 unspecified atom stereocenters. The van der Waals surface area contributed by atoms with Gasteiger partial charge in [0.05, 0.1) is 6.20 Å². The number of aryl methyl sites for hydroxylation is 2. The highest BCUT2D eigenvalue weighted by Gasteiger charge is 2.21. The van der Waals surface area contributed by atoms with E-state index in [0.717, 1.165) is 37.1 Å². The Morgan fingerprint density at radius 1 is 1.54 bits per heavy atom. The molecule has 0 aromatic carbocycles. The van der Waals surface area contributed by atoms with E-state index in [-0.39, 0.29) is 5.78 Å². The van der Waals surface area contributed by atoms with Crippen molar-refractivity contribution >= 4 is 5.78 Å². The molecule has 0 aliphatic heterocycles. The van der Waals surface area contributed by atoms with Gasteiger partial charge in [-0.2, -0.15) is 5.10 Å². The summed E-state index contributed by atoms with van der Waals surface area (Å²) in [6, 6.07) is 0. The quantitative estimate of drug-likeness (QED) is 0.692. The summed E-state index contributed by atoms with van der Waals surface area (Å²) in [5.74, 6) is 0.271. The molecule has 1 aliphatic rings.